The molecule has 0 saturated carbocycles. The minimum Gasteiger partial charge on any atom is -0.550 e. The van der Waals surface area contributed by atoms with Gasteiger partial charge in [0.2, 0.25) is 6.79 Å². The van der Waals surface area contributed by atoms with Gasteiger partial charge in [-0.25, -0.2) is 0 Å². The zero-order chi connectivity index (χ0) is 19.2. The monoisotopic (exact) mass is 370 g/mol. The van der Waals surface area contributed by atoms with E-state index in [1.165, 1.54) is 0 Å². The second kappa shape index (κ2) is 8.44. The maximum Gasteiger partial charge on any atom is 0.251 e. The molecule has 0 unspecified atom stereocenters. The Morgan fingerprint density at radius 3 is 2.59 bits per heavy atom. The van der Waals surface area contributed by atoms with Crippen LogP contribution in [-0.2, 0) is 4.79 Å². The summed E-state index contributed by atoms with van der Waals surface area (Å²) >= 11 is 0. The standard InChI is InChI=1S/C20H21NO6/c1-2-9-25-15-6-3-13(4-7-15)16(11-19(22)23)21-20(24)14-5-8-17-18(10-14)27-12-26-17/h3-8,10,16H,2,9,11-12H2,1H3,(H,21,24)(H,22,23)/p-1/t16-/m0/s1. The molecule has 0 fully saturated rings. The van der Waals surface area contributed by atoms with Gasteiger partial charge in [-0.3, -0.25) is 4.79 Å². The average Bonchev–Trinajstić information content (AvgIpc) is 3.13. The van der Waals surface area contributed by atoms with Crippen molar-refractivity contribution in [3.63, 3.8) is 0 Å². The van der Waals surface area contributed by atoms with Crippen LogP contribution >= 0.6 is 0 Å². The lowest BCUT2D eigenvalue weighted by Gasteiger charge is -2.20. The van der Waals surface area contributed by atoms with Crippen LogP contribution in [0.2, 0.25) is 0 Å². The lowest BCUT2D eigenvalue weighted by Crippen LogP contribution is -2.34. The number of carboxylic acids is 1. The molecule has 3 rings (SSSR count). The van der Waals surface area contributed by atoms with E-state index in [4.69, 9.17) is 14.2 Å². The van der Waals surface area contributed by atoms with E-state index in [-0.39, 0.29) is 13.2 Å². The first-order valence-corrected chi connectivity index (χ1v) is 8.70. The SMILES string of the molecule is CCCOc1ccc([C@H](CC(=O)[O-])NC(=O)c2ccc3c(c2)OCO3)cc1. The van der Waals surface area contributed by atoms with Crippen molar-refractivity contribution >= 4 is 11.9 Å². The van der Waals surface area contributed by atoms with Crippen molar-refractivity contribution in [2.75, 3.05) is 13.4 Å². The topological polar surface area (TPSA) is 96.9 Å². The number of ether oxygens (including phenoxy) is 3. The Hall–Kier alpha value is -3.22. The predicted molar refractivity (Wildman–Crippen MR) is 94.6 cm³/mol. The highest BCUT2D eigenvalue weighted by Crippen LogP contribution is 2.32. The van der Waals surface area contributed by atoms with Gasteiger partial charge in [-0.1, -0.05) is 19.1 Å². The number of rotatable bonds is 8. The number of hydrogen-bond donors (Lipinski definition) is 1. The largest absolute Gasteiger partial charge is 0.550 e. The van der Waals surface area contributed by atoms with Gasteiger partial charge in [0.25, 0.3) is 5.91 Å². The van der Waals surface area contributed by atoms with E-state index in [1.54, 1.807) is 42.5 Å². The summed E-state index contributed by atoms with van der Waals surface area (Å²) in [5.74, 6) is 0.0788. The first kappa shape index (κ1) is 18.6. The molecule has 2 aromatic carbocycles. The lowest BCUT2D eigenvalue weighted by molar-refractivity contribution is -0.306. The van der Waals surface area contributed by atoms with Crippen LogP contribution in [-0.4, -0.2) is 25.3 Å². The maximum atomic E-state index is 12.6. The van der Waals surface area contributed by atoms with Crippen LogP contribution in [0.25, 0.3) is 0 Å². The zero-order valence-electron chi connectivity index (χ0n) is 14.9. The van der Waals surface area contributed by atoms with Gasteiger partial charge in [-0.05, 0) is 42.3 Å². The van der Waals surface area contributed by atoms with Gasteiger partial charge in [0.1, 0.15) is 5.75 Å². The van der Waals surface area contributed by atoms with Crippen molar-refractivity contribution in [3.05, 3.63) is 53.6 Å². The molecular weight excluding hydrogens is 350 g/mol. The number of carboxylic acid groups (broad SMARTS) is 1. The molecule has 0 saturated heterocycles. The van der Waals surface area contributed by atoms with Crippen molar-refractivity contribution in [2.24, 2.45) is 0 Å². The van der Waals surface area contributed by atoms with Crippen LogP contribution < -0.4 is 24.6 Å². The van der Waals surface area contributed by atoms with E-state index in [2.05, 4.69) is 5.32 Å². The normalized spacial score (nSPS) is 13.1. The van der Waals surface area contributed by atoms with Crippen LogP contribution in [0.3, 0.4) is 0 Å². The first-order valence-electron chi connectivity index (χ1n) is 8.70. The molecule has 1 N–H and O–H groups in total. The van der Waals surface area contributed by atoms with E-state index < -0.39 is 17.9 Å². The molecule has 0 bridgehead atoms. The van der Waals surface area contributed by atoms with Gasteiger partial charge in [0, 0.05) is 18.0 Å². The summed E-state index contributed by atoms with van der Waals surface area (Å²) in [4.78, 5) is 23.7. The van der Waals surface area contributed by atoms with Crippen LogP contribution in [0.15, 0.2) is 42.5 Å². The number of hydrogen-bond acceptors (Lipinski definition) is 6. The fourth-order valence-corrected chi connectivity index (χ4v) is 2.71. The molecule has 1 aliphatic heterocycles. The Labute approximate surface area is 156 Å². The summed E-state index contributed by atoms with van der Waals surface area (Å²) in [7, 11) is 0. The van der Waals surface area contributed by atoms with Gasteiger partial charge < -0.3 is 29.4 Å². The smallest absolute Gasteiger partial charge is 0.251 e. The third-order valence-corrected chi connectivity index (χ3v) is 4.07. The van der Waals surface area contributed by atoms with E-state index >= 15 is 0 Å². The third-order valence-electron chi connectivity index (χ3n) is 4.07. The van der Waals surface area contributed by atoms with Gasteiger partial charge >= 0.3 is 0 Å². The quantitative estimate of drug-likeness (QED) is 0.761. The highest BCUT2D eigenvalue weighted by Gasteiger charge is 2.20. The van der Waals surface area contributed by atoms with Crippen molar-refractivity contribution in [1.29, 1.82) is 0 Å². The Morgan fingerprint density at radius 2 is 1.89 bits per heavy atom. The highest BCUT2D eigenvalue weighted by molar-refractivity contribution is 5.95. The highest BCUT2D eigenvalue weighted by atomic mass is 16.7. The molecule has 0 aromatic heterocycles. The minimum absolute atomic E-state index is 0.111. The van der Waals surface area contributed by atoms with Crippen LogP contribution in [0.5, 0.6) is 17.2 Å². The Bertz CT molecular complexity index is 818. The Balaban J connectivity index is 1.74. The van der Waals surface area contributed by atoms with Crippen molar-refractivity contribution in [2.45, 2.75) is 25.8 Å². The van der Waals surface area contributed by atoms with Crippen molar-refractivity contribution < 1.29 is 28.9 Å². The van der Waals surface area contributed by atoms with Gasteiger partial charge in [-0.2, -0.15) is 0 Å². The van der Waals surface area contributed by atoms with E-state index in [9.17, 15) is 14.7 Å². The molecular formula is C20H20NO6-. The number of nitrogens with one attached hydrogen (secondary N) is 1. The number of amides is 1. The van der Waals surface area contributed by atoms with Crippen LogP contribution in [0.4, 0.5) is 0 Å². The van der Waals surface area contributed by atoms with E-state index in [1.807, 2.05) is 6.92 Å². The predicted octanol–water partition coefficient (Wildman–Crippen LogP) is 1.82. The summed E-state index contributed by atoms with van der Waals surface area (Å²) in [5, 5.41) is 13.9. The summed E-state index contributed by atoms with van der Waals surface area (Å²) in [5.41, 5.74) is 1.00. The van der Waals surface area contributed by atoms with Crippen LogP contribution in [0, 0.1) is 0 Å². The summed E-state index contributed by atoms with van der Waals surface area (Å²) in [6.45, 7) is 2.72. The maximum absolute atomic E-state index is 12.6. The number of carbonyl (C=O) groups excluding carboxylic acids is 2. The summed E-state index contributed by atoms with van der Waals surface area (Å²) in [6, 6.07) is 11.0. The number of benzene rings is 2. The number of carbonyl (C=O) groups is 2. The molecule has 142 valence electrons. The second-order valence-electron chi connectivity index (χ2n) is 6.09. The number of aliphatic carboxylic acids is 1. The molecule has 0 spiro atoms. The van der Waals surface area contributed by atoms with Crippen molar-refractivity contribution in [1.82, 2.24) is 5.32 Å². The fourth-order valence-electron chi connectivity index (χ4n) is 2.71. The fraction of sp³-hybridized carbons (Fsp3) is 0.300. The average molecular weight is 370 g/mol. The molecule has 7 nitrogen and oxygen atoms in total. The van der Waals surface area contributed by atoms with Gasteiger partial charge in [0.05, 0.1) is 12.6 Å². The molecule has 1 heterocycles. The summed E-state index contributed by atoms with van der Waals surface area (Å²) in [6.07, 6.45) is 0.548. The molecule has 0 aliphatic carbocycles. The Kier molecular flexibility index (Phi) is 5.80. The molecule has 7 heteroatoms. The Morgan fingerprint density at radius 1 is 1.15 bits per heavy atom. The zero-order valence-corrected chi connectivity index (χ0v) is 14.9. The van der Waals surface area contributed by atoms with Crippen LogP contribution in [0.1, 0.15) is 41.7 Å². The van der Waals surface area contributed by atoms with Crippen molar-refractivity contribution in [3.8, 4) is 17.2 Å². The van der Waals surface area contributed by atoms with E-state index in [0.29, 0.717) is 35.0 Å². The molecule has 1 amide bonds. The lowest BCUT2D eigenvalue weighted by atomic mass is 10.0. The molecule has 0 radical (unpaired) electrons. The van der Waals surface area contributed by atoms with Gasteiger partial charge in [-0.15, -0.1) is 0 Å². The minimum atomic E-state index is -1.25. The third kappa shape index (κ3) is 4.69. The second-order valence-corrected chi connectivity index (χ2v) is 6.09. The molecule has 2 aromatic rings. The summed E-state index contributed by atoms with van der Waals surface area (Å²) < 4.78 is 16.0. The molecule has 27 heavy (non-hydrogen) atoms. The first-order chi connectivity index (χ1) is 13.1. The molecule has 1 aliphatic rings. The number of fused-ring (bicyclic) bond motifs is 1. The van der Waals surface area contributed by atoms with Gasteiger partial charge in [0.15, 0.2) is 11.5 Å². The van der Waals surface area contributed by atoms with E-state index in [0.717, 1.165) is 6.42 Å². The molecule has 1 atom stereocenters.